The van der Waals surface area contributed by atoms with Gasteiger partial charge in [-0.2, -0.15) is 0 Å². The summed E-state index contributed by atoms with van der Waals surface area (Å²) in [4.78, 5) is 16.9. The molecule has 1 fully saturated rings. The number of nitrogens with one attached hydrogen (secondary N) is 2. The topological polar surface area (TPSA) is 76.1 Å². The summed E-state index contributed by atoms with van der Waals surface area (Å²) in [6.45, 7) is 0.317. The zero-order valence-corrected chi connectivity index (χ0v) is 13.6. The van der Waals surface area contributed by atoms with Crippen LogP contribution in [0.25, 0.3) is 0 Å². The molecule has 122 valence electrons. The average molecular weight is 332 g/mol. The highest BCUT2D eigenvalue weighted by atomic mass is 32.1. The Hall–Kier alpha value is -1.99. The van der Waals surface area contributed by atoms with E-state index in [0.717, 1.165) is 22.9 Å². The lowest BCUT2D eigenvalue weighted by molar-refractivity contribution is 0.0536. The fourth-order valence-electron chi connectivity index (χ4n) is 2.73. The number of hydroxylamine groups is 1. The Bertz CT molecular complexity index is 626. The number of urea groups is 1. The Morgan fingerprint density at radius 2 is 2.00 bits per heavy atom. The first kappa shape index (κ1) is 15.9. The second kappa shape index (κ2) is 8.03. The molecule has 2 N–H and O–H groups in total. The number of amides is 2. The van der Waals surface area contributed by atoms with Crippen LogP contribution in [0, 0.1) is 5.92 Å². The molecule has 1 saturated carbocycles. The van der Waals surface area contributed by atoms with Crippen molar-refractivity contribution in [3.63, 3.8) is 0 Å². The van der Waals surface area contributed by atoms with Crippen LogP contribution in [0.4, 0.5) is 9.93 Å². The van der Waals surface area contributed by atoms with Crippen molar-refractivity contribution in [3.05, 3.63) is 40.9 Å². The van der Waals surface area contributed by atoms with Crippen molar-refractivity contribution < 1.29 is 9.63 Å². The highest BCUT2D eigenvalue weighted by Gasteiger charge is 2.18. The van der Waals surface area contributed by atoms with Crippen LogP contribution in [-0.2, 0) is 17.9 Å². The Morgan fingerprint density at radius 1 is 1.22 bits per heavy atom. The lowest BCUT2D eigenvalue weighted by Gasteiger charge is -2.05. The van der Waals surface area contributed by atoms with E-state index in [1.54, 1.807) is 0 Å². The molecule has 0 aliphatic heterocycles. The minimum atomic E-state index is -0.440. The van der Waals surface area contributed by atoms with E-state index in [0.29, 0.717) is 11.7 Å². The molecule has 2 aromatic rings. The number of rotatable bonds is 6. The first-order valence-electron chi connectivity index (χ1n) is 7.84. The van der Waals surface area contributed by atoms with Crippen molar-refractivity contribution in [3.8, 4) is 0 Å². The number of carbonyl (C=O) groups is 1. The Morgan fingerprint density at radius 3 is 2.78 bits per heavy atom. The van der Waals surface area contributed by atoms with E-state index < -0.39 is 6.03 Å². The van der Waals surface area contributed by atoms with Gasteiger partial charge in [0.25, 0.3) is 0 Å². The third kappa shape index (κ3) is 5.01. The number of nitrogens with zero attached hydrogens (tertiary/aromatic N) is 2. The quantitative estimate of drug-likeness (QED) is 0.794. The monoisotopic (exact) mass is 332 g/mol. The third-order valence-electron chi connectivity index (χ3n) is 3.87. The van der Waals surface area contributed by atoms with E-state index in [4.69, 9.17) is 4.84 Å². The largest absolute Gasteiger partial charge is 0.345 e. The van der Waals surface area contributed by atoms with E-state index in [9.17, 15) is 4.79 Å². The van der Waals surface area contributed by atoms with Crippen molar-refractivity contribution >= 4 is 22.5 Å². The number of hydrogen-bond acceptors (Lipinski definition) is 5. The molecule has 6 nitrogen and oxygen atoms in total. The molecule has 0 saturated heterocycles. The van der Waals surface area contributed by atoms with Gasteiger partial charge in [-0.1, -0.05) is 67.4 Å². The first-order chi connectivity index (χ1) is 11.3. The van der Waals surface area contributed by atoms with E-state index in [-0.39, 0.29) is 0 Å². The summed E-state index contributed by atoms with van der Waals surface area (Å²) in [5.41, 5.74) is 3.34. The summed E-state index contributed by atoms with van der Waals surface area (Å²) in [7, 11) is 0. The molecule has 1 aromatic carbocycles. The summed E-state index contributed by atoms with van der Waals surface area (Å²) < 4.78 is 0. The molecule has 7 heteroatoms. The molecule has 1 aliphatic rings. The smallest absolute Gasteiger partial charge is 0.280 e. The Balaban J connectivity index is 1.40. The predicted octanol–water partition coefficient (Wildman–Crippen LogP) is 3.52. The summed E-state index contributed by atoms with van der Waals surface area (Å²) in [6, 6.07) is 9.20. The summed E-state index contributed by atoms with van der Waals surface area (Å²) in [5.74, 6) is 0.721. The van der Waals surface area contributed by atoms with Gasteiger partial charge >= 0.3 is 6.03 Å². The van der Waals surface area contributed by atoms with Crippen LogP contribution in [-0.4, -0.2) is 16.2 Å². The van der Waals surface area contributed by atoms with E-state index in [1.165, 1.54) is 37.0 Å². The van der Waals surface area contributed by atoms with Crippen molar-refractivity contribution in [2.24, 2.45) is 5.92 Å². The molecule has 23 heavy (non-hydrogen) atoms. The van der Waals surface area contributed by atoms with Gasteiger partial charge in [0.15, 0.2) is 0 Å². The molecule has 0 unspecified atom stereocenters. The van der Waals surface area contributed by atoms with Crippen LogP contribution in [0.15, 0.2) is 30.3 Å². The van der Waals surface area contributed by atoms with Crippen LogP contribution < -0.4 is 10.8 Å². The van der Waals surface area contributed by atoms with Crippen LogP contribution >= 0.6 is 11.3 Å². The van der Waals surface area contributed by atoms with Crippen LogP contribution in [0.1, 0.15) is 36.3 Å². The van der Waals surface area contributed by atoms with Gasteiger partial charge in [0, 0.05) is 6.42 Å². The molecular formula is C16H20N4O2S. The van der Waals surface area contributed by atoms with Gasteiger partial charge in [-0.25, -0.2) is 10.3 Å². The molecule has 1 aromatic heterocycles. The first-order valence-corrected chi connectivity index (χ1v) is 8.66. The van der Waals surface area contributed by atoms with Crippen molar-refractivity contribution in [1.29, 1.82) is 0 Å². The zero-order chi connectivity index (χ0) is 15.9. The Kier molecular flexibility index (Phi) is 5.55. The fourth-order valence-corrected chi connectivity index (χ4v) is 3.58. The number of carbonyl (C=O) groups excluding carboxylic acids is 1. The number of benzene rings is 1. The molecule has 3 rings (SSSR count). The predicted molar refractivity (Wildman–Crippen MR) is 89.0 cm³/mol. The van der Waals surface area contributed by atoms with Gasteiger partial charge in [-0.3, -0.25) is 10.2 Å². The lowest BCUT2D eigenvalue weighted by atomic mass is 10.1. The molecular weight excluding hydrogens is 312 g/mol. The van der Waals surface area contributed by atoms with Crippen molar-refractivity contribution in [2.75, 3.05) is 5.32 Å². The highest BCUT2D eigenvalue weighted by molar-refractivity contribution is 7.15. The second-order valence-corrected chi connectivity index (χ2v) is 6.75. The van der Waals surface area contributed by atoms with Crippen molar-refractivity contribution in [1.82, 2.24) is 15.7 Å². The fraction of sp³-hybridized carbons (Fsp3) is 0.438. The van der Waals surface area contributed by atoms with Crippen LogP contribution in [0.3, 0.4) is 0 Å². The maximum Gasteiger partial charge on any atom is 0.345 e. The summed E-state index contributed by atoms with van der Waals surface area (Å²) in [6.07, 6.45) is 6.14. The number of aromatic nitrogens is 2. The van der Waals surface area contributed by atoms with Gasteiger partial charge < -0.3 is 0 Å². The van der Waals surface area contributed by atoms with E-state index in [1.807, 2.05) is 30.3 Å². The minimum Gasteiger partial charge on any atom is -0.280 e. The molecule has 0 bridgehead atoms. The van der Waals surface area contributed by atoms with Crippen molar-refractivity contribution in [2.45, 2.75) is 38.7 Å². The molecule has 2 amide bonds. The van der Waals surface area contributed by atoms with E-state index in [2.05, 4.69) is 21.0 Å². The van der Waals surface area contributed by atoms with Gasteiger partial charge in [0.1, 0.15) is 5.01 Å². The highest BCUT2D eigenvalue weighted by Crippen LogP contribution is 2.29. The third-order valence-corrected chi connectivity index (χ3v) is 4.73. The van der Waals surface area contributed by atoms with Gasteiger partial charge in [-0.15, -0.1) is 10.2 Å². The molecule has 0 spiro atoms. The molecule has 1 aliphatic carbocycles. The maximum atomic E-state index is 11.7. The zero-order valence-electron chi connectivity index (χ0n) is 12.8. The normalized spacial score (nSPS) is 14.8. The van der Waals surface area contributed by atoms with E-state index >= 15 is 0 Å². The lowest BCUT2D eigenvalue weighted by Crippen LogP contribution is -2.28. The van der Waals surface area contributed by atoms with Gasteiger partial charge in [-0.05, 0) is 11.5 Å². The van der Waals surface area contributed by atoms with Gasteiger partial charge in [0.05, 0.1) is 6.61 Å². The minimum absolute atomic E-state index is 0.317. The molecule has 1 heterocycles. The summed E-state index contributed by atoms with van der Waals surface area (Å²) in [5, 5.41) is 12.3. The summed E-state index contributed by atoms with van der Waals surface area (Å²) >= 11 is 1.43. The Labute approximate surface area is 139 Å². The maximum absolute atomic E-state index is 11.7. The standard InChI is InChI=1S/C16H20N4O2S/c21-15(20-22-11-13-8-2-1-3-9-13)17-16-19-18-14(23-16)10-12-6-4-5-7-12/h1-3,8-9,12H,4-7,10-11H2,(H2,17,19,20,21). The van der Waals surface area contributed by atoms with Crippen LogP contribution in [0.5, 0.6) is 0 Å². The SMILES string of the molecule is O=C(NOCc1ccccc1)Nc1nnc(CC2CCCC2)s1. The van der Waals surface area contributed by atoms with Crippen LogP contribution in [0.2, 0.25) is 0 Å². The second-order valence-electron chi connectivity index (χ2n) is 5.69. The number of hydrogen-bond donors (Lipinski definition) is 2. The number of anilines is 1. The molecule has 0 radical (unpaired) electrons. The molecule has 0 atom stereocenters. The average Bonchev–Trinajstić information content (AvgIpc) is 3.21. The van der Waals surface area contributed by atoms with Gasteiger partial charge in [0.2, 0.25) is 5.13 Å².